The minimum absolute atomic E-state index is 0.100. The van der Waals surface area contributed by atoms with E-state index in [9.17, 15) is 10.2 Å². The maximum Gasteiger partial charge on any atom is 0.115 e. The molecule has 2 fully saturated rings. The van der Waals surface area contributed by atoms with Crippen LogP contribution in [0.25, 0.3) is 0 Å². The van der Waals surface area contributed by atoms with E-state index in [-0.39, 0.29) is 11.5 Å². The van der Waals surface area contributed by atoms with Crippen molar-refractivity contribution in [1.82, 2.24) is 0 Å². The summed E-state index contributed by atoms with van der Waals surface area (Å²) in [5, 5.41) is 21.2. The lowest BCUT2D eigenvalue weighted by molar-refractivity contribution is -0.120. The molecule has 3 aliphatic carbocycles. The molecule has 0 amide bonds. The molecule has 2 N–H and O–H groups in total. The molecule has 0 spiro atoms. The fourth-order valence-corrected chi connectivity index (χ4v) is 6.70. The third kappa shape index (κ3) is 2.44. The average molecular weight is 407 g/mol. The normalized spacial score (nSPS) is 42.9. The lowest BCUT2D eigenvalue weighted by atomic mass is 9.52. The van der Waals surface area contributed by atoms with Gasteiger partial charge in [-0.15, -0.1) is 0 Å². The molecule has 3 aliphatic rings. The van der Waals surface area contributed by atoms with Crippen molar-refractivity contribution in [2.45, 2.75) is 56.7 Å². The first-order valence-corrected chi connectivity index (χ1v) is 10.2. The summed E-state index contributed by atoms with van der Waals surface area (Å²) in [6.45, 7) is 2.26. The fourth-order valence-electron chi connectivity index (χ4n) is 6.26. The zero-order valence-corrected chi connectivity index (χ0v) is 16.5. The largest absolute Gasteiger partial charge is 0.508 e. The SMILES string of the molecule is CO[C@H]1C[C@@]2(C)[C@@H](CC[C@@]2(O)/C=C\Br)[C@@H]2CCc3cc(O)ccc3[C@H]21. The predicted molar refractivity (Wildman–Crippen MR) is 102 cm³/mol. The molecule has 0 unspecified atom stereocenters. The minimum Gasteiger partial charge on any atom is -0.508 e. The summed E-state index contributed by atoms with van der Waals surface area (Å²) in [6, 6.07) is 5.82. The van der Waals surface area contributed by atoms with Gasteiger partial charge >= 0.3 is 0 Å². The van der Waals surface area contributed by atoms with Crippen LogP contribution in [0.5, 0.6) is 5.75 Å². The minimum atomic E-state index is -0.766. The Morgan fingerprint density at radius 3 is 2.84 bits per heavy atom. The van der Waals surface area contributed by atoms with Gasteiger partial charge in [0.05, 0.1) is 11.7 Å². The second kappa shape index (κ2) is 6.11. The summed E-state index contributed by atoms with van der Waals surface area (Å²) >= 11 is 3.37. The smallest absolute Gasteiger partial charge is 0.115 e. The van der Waals surface area contributed by atoms with E-state index in [1.807, 2.05) is 17.1 Å². The van der Waals surface area contributed by atoms with Gasteiger partial charge in [-0.1, -0.05) is 28.9 Å². The molecule has 6 atom stereocenters. The third-order valence-electron chi connectivity index (χ3n) is 7.52. The molecule has 0 aliphatic heterocycles. The summed E-state index contributed by atoms with van der Waals surface area (Å²) < 4.78 is 5.98. The number of phenols is 1. The Labute approximate surface area is 158 Å². The van der Waals surface area contributed by atoms with Crippen molar-refractivity contribution in [3.8, 4) is 5.75 Å². The Bertz CT molecular complexity index is 702. The highest BCUT2D eigenvalue weighted by atomic mass is 79.9. The van der Waals surface area contributed by atoms with E-state index in [1.165, 1.54) is 11.1 Å². The molecule has 4 heteroatoms. The van der Waals surface area contributed by atoms with Crippen molar-refractivity contribution < 1.29 is 14.9 Å². The molecule has 0 aromatic heterocycles. The number of hydrogen-bond acceptors (Lipinski definition) is 3. The number of hydrogen-bond donors (Lipinski definition) is 2. The molecular formula is C21H27BrO3. The highest BCUT2D eigenvalue weighted by molar-refractivity contribution is 9.11. The monoisotopic (exact) mass is 406 g/mol. The highest BCUT2D eigenvalue weighted by Gasteiger charge is 2.63. The molecule has 136 valence electrons. The number of aryl methyl sites for hydroxylation is 1. The van der Waals surface area contributed by atoms with Crippen molar-refractivity contribution in [2.75, 3.05) is 7.11 Å². The number of aromatic hydroxyl groups is 1. The number of aliphatic hydroxyl groups is 1. The lowest BCUT2D eigenvalue weighted by Crippen LogP contribution is -2.54. The Morgan fingerprint density at radius 1 is 1.32 bits per heavy atom. The number of rotatable bonds is 2. The van der Waals surface area contributed by atoms with Crippen molar-refractivity contribution in [3.63, 3.8) is 0 Å². The quantitative estimate of drug-likeness (QED) is 0.759. The van der Waals surface area contributed by atoms with Crippen molar-refractivity contribution in [1.29, 1.82) is 0 Å². The van der Waals surface area contributed by atoms with Gasteiger partial charge in [-0.2, -0.15) is 0 Å². The molecule has 1 aromatic rings. The number of phenolic OH excluding ortho intramolecular Hbond substituents is 1. The molecule has 0 radical (unpaired) electrons. The topological polar surface area (TPSA) is 49.7 Å². The van der Waals surface area contributed by atoms with E-state index in [0.29, 0.717) is 23.5 Å². The van der Waals surface area contributed by atoms with Gasteiger partial charge < -0.3 is 14.9 Å². The zero-order chi connectivity index (χ0) is 17.8. The van der Waals surface area contributed by atoms with Gasteiger partial charge in [0, 0.05) is 18.4 Å². The van der Waals surface area contributed by atoms with E-state index in [0.717, 1.165) is 32.1 Å². The first-order chi connectivity index (χ1) is 11.9. The molecule has 4 rings (SSSR count). The maximum absolute atomic E-state index is 11.4. The highest BCUT2D eigenvalue weighted by Crippen LogP contribution is 2.65. The van der Waals surface area contributed by atoms with Crippen LogP contribution >= 0.6 is 15.9 Å². The van der Waals surface area contributed by atoms with Crippen LogP contribution in [-0.2, 0) is 11.2 Å². The van der Waals surface area contributed by atoms with Crippen LogP contribution in [0.15, 0.2) is 29.3 Å². The van der Waals surface area contributed by atoms with Crippen LogP contribution in [-0.4, -0.2) is 29.0 Å². The van der Waals surface area contributed by atoms with Gasteiger partial charge in [0.1, 0.15) is 5.75 Å². The second-order valence-electron chi connectivity index (χ2n) is 8.37. The van der Waals surface area contributed by atoms with Crippen LogP contribution in [0.3, 0.4) is 0 Å². The Morgan fingerprint density at radius 2 is 2.12 bits per heavy atom. The number of fused-ring (bicyclic) bond motifs is 5. The molecule has 1 aromatic carbocycles. The van der Waals surface area contributed by atoms with Gasteiger partial charge in [0.2, 0.25) is 0 Å². The average Bonchev–Trinajstić information content (AvgIpc) is 2.85. The van der Waals surface area contributed by atoms with Gasteiger partial charge in [-0.05, 0) is 78.3 Å². The number of methoxy groups -OCH3 is 1. The van der Waals surface area contributed by atoms with Crippen LogP contribution in [0.4, 0.5) is 0 Å². The summed E-state index contributed by atoms with van der Waals surface area (Å²) in [4.78, 5) is 1.81. The third-order valence-corrected chi connectivity index (χ3v) is 7.79. The van der Waals surface area contributed by atoms with Gasteiger partial charge in [0.25, 0.3) is 0 Å². The van der Waals surface area contributed by atoms with Gasteiger partial charge in [-0.25, -0.2) is 0 Å². The van der Waals surface area contributed by atoms with Gasteiger partial charge in [0.15, 0.2) is 0 Å². The molecule has 25 heavy (non-hydrogen) atoms. The van der Waals surface area contributed by atoms with Crippen LogP contribution in [0.1, 0.15) is 49.7 Å². The van der Waals surface area contributed by atoms with E-state index < -0.39 is 5.60 Å². The Hall–Kier alpha value is -0.840. The number of halogens is 1. The van der Waals surface area contributed by atoms with Crippen molar-refractivity contribution in [2.24, 2.45) is 17.3 Å². The molecule has 0 bridgehead atoms. The summed E-state index contributed by atoms with van der Waals surface area (Å²) in [6.07, 6.45) is 6.89. The second-order valence-corrected chi connectivity index (χ2v) is 8.90. The molecule has 3 nitrogen and oxygen atoms in total. The predicted octanol–water partition coefficient (Wildman–Crippen LogP) is 4.51. The van der Waals surface area contributed by atoms with Crippen LogP contribution in [0.2, 0.25) is 0 Å². The molecular weight excluding hydrogens is 380 g/mol. The van der Waals surface area contributed by atoms with Crippen LogP contribution < -0.4 is 0 Å². The molecule has 0 heterocycles. The van der Waals surface area contributed by atoms with Gasteiger partial charge in [-0.3, -0.25) is 0 Å². The standard InChI is InChI=1S/C21H27BrO3/c1-20-12-18(25-2)19-15-6-4-14(23)11-13(15)3-5-16(19)17(20)7-8-21(20,24)9-10-22/h4,6,9-11,16-19,23-24H,3,5,7-8,12H2,1-2H3/b10-9-/t16-,17-,18-,19+,20-,21+/m0/s1. The number of ether oxygens (including phenoxy) is 1. The Balaban J connectivity index is 1.78. The number of benzene rings is 1. The van der Waals surface area contributed by atoms with E-state index in [4.69, 9.17) is 4.74 Å². The fraction of sp³-hybridized carbons (Fsp3) is 0.619. The van der Waals surface area contributed by atoms with Crippen LogP contribution in [0, 0.1) is 17.3 Å². The lowest BCUT2D eigenvalue weighted by Gasteiger charge is -2.55. The first-order valence-electron chi connectivity index (χ1n) is 9.28. The molecule has 2 saturated carbocycles. The maximum atomic E-state index is 11.4. The van der Waals surface area contributed by atoms with E-state index >= 15 is 0 Å². The summed E-state index contributed by atoms with van der Waals surface area (Å²) in [5.41, 5.74) is 1.68. The van der Waals surface area contributed by atoms with Crippen molar-refractivity contribution >= 4 is 15.9 Å². The first kappa shape index (κ1) is 17.6. The molecule has 0 saturated heterocycles. The Kier molecular flexibility index (Phi) is 4.29. The zero-order valence-electron chi connectivity index (χ0n) is 14.9. The summed E-state index contributed by atoms with van der Waals surface area (Å²) in [7, 11) is 1.80. The van der Waals surface area contributed by atoms with Crippen molar-refractivity contribution in [3.05, 3.63) is 40.4 Å². The van der Waals surface area contributed by atoms with E-state index in [1.54, 1.807) is 13.2 Å². The summed E-state index contributed by atoms with van der Waals surface area (Å²) in [5.74, 6) is 1.74. The van der Waals surface area contributed by atoms with E-state index in [2.05, 4.69) is 28.9 Å².